The molecule has 0 atom stereocenters. The van der Waals surface area contributed by atoms with Crippen molar-refractivity contribution in [2.24, 2.45) is 0 Å². The standard InChI is InChI=1S/C19H23N3O4/c1-6-13-16(11(3)23)10(2)21-17(13)19(25)22-14-9-12(18(24)20-4)7-8-15(14)26-5/h7-9,21H,6H2,1-5H3,(H,20,24)(H,22,25). The Balaban J connectivity index is 2.43. The molecule has 0 fully saturated rings. The van der Waals surface area contributed by atoms with Gasteiger partial charge >= 0.3 is 0 Å². The molecule has 1 aromatic carbocycles. The van der Waals surface area contributed by atoms with Crippen molar-refractivity contribution in [2.45, 2.75) is 27.2 Å². The lowest BCUT2D eigenvalue weighted by Gasteiger charge is -2.12. The molecule has 0 aliphatic carbocycles. The first-order valence-corrected chi connectivity index (χ1v) is 8.27. The van der Waals surface area contributed by atoms with E-state index in [1.165, 1.54) is 21.1 Å². The molecule has 7 nitrogen and oxygen atoms in total. The minimum atomic E-state index is -0.398. The highest BCUT2D eigenvalue weighted by molar-refractivity contribution is 6.08. The van der Waals surface area contributed by atoms with Gasteiger partial charge in [-0.15, -0.1) is 0 Å². The summed E-state index contributed by atoms with van der Waals surface area (Å²) in [4.78, 5) is 39.5. The zero-order valence-corrected chi connectivity index (χ0v) is 15.6. The molecule has 1 heterocycles. The summed E-state index contributed by atoms with van der Waals surface area (Å²) in [6.07, 6.45) is 0.539. The number of hydrogen-bond acceptors (Lipinski definition) is 4. The average molecular weight is 357 g/mol. The summed E-state index contributed by atoms with van der Waals surface area (Å²) < 4.78 is 5.26. The fourth-order valence-electron chi connectivity index (χ4n) is 2.98. The van der Waals surface area contributed by atoms with Gasteiger partial charge in [0.2, 0.25) is 0 Å². The van der Waals surface area contributed by atoms with Crippen molar-refractivity contribution >= 4 is 23.3 Å². The summed E-state index contributed by atoms with van der Waals surface area (Å²) >= 11 is 0. The largest absolute Gasteiger partial charge is 0.495 e. The number of carbonyl (C=O) groups is 3. The van der Waals surface area contributed by atoms with E-state index in [0.717, 1.165) is 0 Å². The molecule has 0 spiro atoms. The topological polar surface area (TPSA) is 100 Å². The molecule has 0 aliphatic rings. The van der Waals surface area contributed by atoms with Crippen molar-refractivity contribution in [1.82, 2.24) is 10.3 Å². The van der Waals surface area contributed by atoms with Crippen LogP contribution in [0.4, 0.5) is 5.69 Å². The van der Waals surface area contributed by atoms with Crippen LogP contribution in [0.25, 0.3) is 0 Å². The zero-order chi connectivity index (χ0) is 19.4. The Kier molecular flexibility index (Phi) is 5.82. The highest BCUT2D eigenvalue weighted by Crippen LogP contribution is 2.27. The molecule has 1 aromatic heterocycles. The first-order valence-electron chi connectivity index (χ1n) is 8.27. The van der Waals surface area contributed by atoms with Gasteiger partial charge in [-0.2, -0.15) is 0 Å². The van der Waals surface area contributed by atoms with Gasteiger partial charge < -0.3 is 20.4 Å². The normalized spacial score (nSPS) is 10.3. The smallest absolute Gasteiger partial charge is 0.272 e. The summed E-state index contributed by atoms with van der Waals surface area (Å²) in [5.74, 6) is -0.329. The maximum atomic E-state index is 12.8. The molecule has 0 radical (unpaired) electrons. The number of nitrogens with one attached hydrogen (secondary N) is 3. The van der Waals surface area contributed by atoms with Crippen LogP contribution in [-0.4, -0.2) is 36.7 Å². The van der Waals surface area contributed by atoms with Gasteiger partial charge in [-0.25, -0.2) is 0 Å². The number of rotatable bonds is 6. The van der Waals surface area contributed by atoms with Gasteiger partial charge in [-0.1, -0.05) is 6.92 Å². The molecule has 0 aliphatic heterocycles. The van der Waals surface area contributed by atoms with Gasteiger partial charge in [0.05, 0.1) is 12.8 Å². The Morgan fingerprint density at radius 2 is 1.88 bits per heavy atom. The number of amides is 2. The molecule has 138 valence electrons. The second-order valence-electron chi connectivity index (χ2n) is 5.84. The molecule has 0 saturated heterocycles. The van der Waals surface area contributed by atoms with Crippen LogP contribution in [0, 0.1) is 6.92 Å². The molecule has 0 saturated carbocycles. The number of ether oxygens (including phenoxy) is 1. The predicted molar refractivity (Wildman–Crippen MR) is 99.2 cm³/mol. The second kappa shape index (κ2) is 7.86. The monoisotopic (exact) mass is 357 g/mol. The van der Waals surface area contributed by atoms with Crippen LogP contribution >= 0.6 is 0 Å². The van der Waals surface area contributed by atoms with Crippen molar-refractivity contribution in [1.29, 1.82) is 0 Å². The van der Waals surface area contributed by atoms with Gasteiger partial charge in [0.1, 0.15) is 11.4 Å². The minimum Gasteiger partial charge on any atom is -0.495 e. The van der Waals surface area contributed by atoms with Crippen LogP contribution in [0.1, 0.15) is 56.3 Å². The van der Waals surface area contributed by atoms with Gasteiger partial charge in [-0.05, 0) is 44.0 Å². The molecule has 3 N–H and O–H groups in total. The number of aryl methyl sites for hydroxylation is 1. The molecule has 2 rings (SSSR count). The van der Waals surface area contributed by atoms with Crippen molar-refractivity contribution in [3.8, 4) is 5.75 Å². The highest BCUT2D eigenvalue weighted by atomic mass is 16.5. The number of benzene rings is 1. The molecular weight excluding hydrogens is 334 g/mol. The Labute approximate surface area is 152 Å². The van der Waals surface area contributed by atoms with E-state index in [0.29, 0.717) is 45.9 Å². The van der Waals surface area contributed by atoms with Gasteiger partial charge in [0.15, 0.2) is 5.78 Å². The van der Waals surface area contributed by atoms with Crippen LogP contribution in [0.3, 0.4) is 0 Å². The van der Waals surface area contributed by atoms with E-state index in [4.69, 9.17) is 4.74 Å². The molecule has 0 bridgehead atoms. The molecule has 0 unspecified atom stereocenters. The van der Waals surface area contributed by atoms with E-state index in [2.05, 4.69) is 15.6 Å². The quantitative estimate of drug-likeness (QED) is 0.692. The summed E-state index contributed by atoms with van der Waals surface area (Å²) in [5.41, 5.74) is 2.98. The van der Waals surface area contributed by atoms with E-state index < -0.39 is 5.91 Å². The molecule has 2 amide bonds. The fourth-order valence-corrected chi connectivity index (χ4v) is 2.98. The van der Waals surface area contributed by atoms with Crippen molar-refractivity contribution in [3.05, 3.63) is 46.3 Å². The van der Waals surface area contributed by atoms with Crippen molar-refractivity contribution < 1.29 is 19.1 Å². The third-order valence-electron chi connectivity index (χ3n) is 4.16. The minimum absolute atomic E-state index is 0.0890. The SMILES string of the molecule is CCc1c(C(=O)Nc2cc(C(=O)NC)ccc2OC)[nH]c(C)c1C(C)=O. The second-order valence-corrected chi connectivity index (χ2v) is 5.84. The van der Waals surface area contributed by atoms with Crippen molar-refractivity contribution in [3.63, 3.8) is 0 Å². The van der Waals surface area contributed by atoms with E-state index in [9.17, 15) is 14.4 Å². The summed E-state index contributed by atoms with van der Waals surface area (Å²) in [5, 5.41) is 5.30. The number of Topliss-reactive ketones (excluding diaryl/α,β-unsaturated/α-hetero) is 1. The molecule has 2 aromatic rings. The number of methoxy groups -OCH3 is 1. The van der Waals surface area contributed by atoms with Gasteiger partial charge in [0, 0.05) is 23.9 Å². The first-order chi connectivity index (χ1) is 12.3. The number of ketones is 1. The molecule has 7 heteroatoms. The maximum absolute atomic E-state index is 12.8. The number of anilines is 1. The number of carbonyl (C=O) groups excluding carboxylic acids is 3. The Morgan fingerprint density at radius 3 is 2.42 bits per heavy atom. The van der Waals surface area contributed by atoms with Crippen LogP contribution in [0.2, 0.25) is 0 Å². The molecular formula is C19H23N3O4. The Bertz CT molecular complexity index is 868. The summed E-state index contributed by atoms with van der Waals surface area (Å²) in [6, 6.07) is 4.77. The van der Waals surface area contributed by atoms with Gasteiger partial charge in [-0.3, -0.25) is 14.4 Å². The maximum Gasteiger partial charge on any atom is 0.272 e. The van der Waals surface area contributed by atoms with Crippen LogP contribution in [0.5, 0.6) is 5.75 Å². The number of H-pyrrole nitrogens is 1. The number of hydrogen-bond donors (Lipinski definition) is 3. The Hall–Kier alpha value is -3.09. The Morgan fingerprint density at radius 1 is 1.19 bits per heavy atom. The van der Waals surface area contributed by atoms with Crippen LogP contribution < -0.4 is 15.4 Å². The summed E-state index contributed by atoms with van der Waals surface area (Å²) in [7, 11) is 3.01. The lowest BCUT2D eigenvalue weighted by molar-refractivity contribution is 0.0960. The molecule has 26 heavy (non-hydrogen) atoms. The number of aromatic amines is 1. The third-order valence-corrected chi connectivity index (χ3v) is 4.16. The fraction of sp³-hybridized carbons (Fsp3) is 0.316. The lowest BCUT2D eigenvalue weighted by atomic mass is 10.0. The average Bonchev–Trinajstić information content (AvgIpc) is 2.97. The highest BCUT2D eigenvalue weighted by Gasteiger charge is 2.22. The van der Waals surface area contributed by atoms with E-state index in [1.807, 2.05) is 6.92 Å². The third kappa shape index (κ3) is 3.61. The lowest BCUT2D eigenvalue weighted by Crippen LogP contribution is -2.19. The van der Waals surface area contributed by atoms with E-state index in [-0.39, 0.29) is 11.7 Å². The van der Waals surface area contributed by atoms with Crippen molar-refractivity contribution in [2.75, 3.05) is 19.5 Å². The van der Waals surface area contributed by atoms with E-state index >= 15 is 0 Å². The summed E-state index contributed by atoms with van der Waals surface area (Å²) in [6.45, 7) is 5.13. The number of aromatic nitrogens is 1. The first kappa shape index (κ1) is 19.2. The predicted octanol–water partition coefficient (Wildman–Crippen LogP) is 2.71. The van der Waals surface area contributed by atoms with Crippen LogP contribution in [0.15, 0.2) is 18.2 Å². The van der Waals surface area contributed by atoms with E-state index in [1.54, 1.807) is 25.1 Å². The van der Waals surface area contributed by atoms with Crippen LogP contribution in [-0.2, 0) is 6.42 Å². The van der Waals surface area contributed by atoms with Gasteiger partial charge in [0.25, 0.3) is 11.8 Å². The zero-order valence-electron chi connectivity index (χ0n) is 15.6.